The number of halogens is 2. The molecule has 0 bridgehead atoms. The van der Waals surface area contributed by atoms with E-state index in [1.54, 1.807) is 10.9 Å². The highest BCUT2D eigenvalue weighted by atomic mass is 35.5. The lowest BCUT2D eigenvalue weighted by Gasteiger charge is -2.18. The number of imidazole rings is 1. The Balaban J connectivity index is 1.84. The summed E-state index contributed by atoms with van der Waals surface area (Å²) in [5, 5.41) is 9.62. The van der Waals surface area contributed by atoms with Crippen LogP contribution < -0.4 is 4.90 Å². The molecule has 140 valence electrons. The van der Waals surface area contributed by atoms with Crippen molar-refractivity contribution in [2.24, 2.45) is 0 Å². The molecule has 7 nitrogen and oxygen atoms in total. The lowest BCUT2D eigenvalue weighted by atomic mass is 10.2. The predicted molar refractivity (Wildman–Crippen MR) is 102 cm³/mol. The van der Waals surface area contributed by atoms with Crippen LogP contribution in [0.4, 0.5) is 20.7 Å². The normalized spacial score (nSPS) is 10.9. The van der Waals surface area contributed by atoms with Gasteiger partial charge in [-0.1, -0.05) is 30.3 Å². The number of carboxylic acid groups (broad SMARTS) is 1. The number of amides is 1. The summed E-state index contributed by atoms with van der Waals surface area (Å²) in [5.74, 6) is -0.479. The highest BCUT2D eigenvalue weighted by Gasteiger charge is 2.24. The van der Waals surface area contributed by atoms with E-state index < -0.39 is 11.9 Å². The molecule has 9 heteroatoms. The van der Waals surface area contributed by atoms with E-state index in [-0.39, 0.29) is 22.3 Å². The van der Waals surface area contributed by atoms with Gasteiger partial charge in [0.05, 0.1) is 18.6 Å². The summed E-state index contributed by atoms with van der Waals surface area (Å²) < 4.78 is 15.0. The number of fused-ring (bicyclic) bond motifs is 1. The predicted octanol–water partition coefficient (Wildman–Crippen LogP) is 4.48. The Morgan fingerprint density at radius 1 is 1.11 bits per heavy atom. The second kappa shape index (κ2) is 7.24. The zero-order valence-corrected chi connectivity index (χ0v) is 15.1. The summed E-state index contributed by atoms with van der Waals surface area (Å²) in [7, 11) is 0. The van der Waals surface area contributed by atoms with Crippen molar-refractivity contribution in [2.75, 3.05) is 4.90 Å². The second-order valence-electron chi connectivity index (χ2n) is 5.94. The van der Waals surface area contributed by atoms with Crippen molar-refractivity contribution in [2.45, 2.75) is 6.54 Å². The van der Waals surface area contributed by atoms with Crippen LogP contribution in [0.5, 0.6) is 0 Å². The Morgan fingerprint density at radius 3 is 2.50 bits per heavy atom. The number of carbonyl (C=O) groups is 1. The molecule has 0 unspecified atom stereocenters. The quantitative estimate of drug-likeness (QED) is 0.513. The molecule has 0 fully saturated rings. The molecule has 0 saturated carbocycles. The van der Waals surface area contributed by atoms with Gasteiger partial charge in [0.25, 0.3) is 0 Å². The van der Waals surface area contributed by atoms with E-state index in [4.69, 9.17) is 11.6 Å². The summed E-state index contributed by atoms with van der Waals surface area (Å²) >= 11 is 6.07. The molecule has 0 spiro atoms. The Labute approximate surface area is 163 Å². The average molecular weight is 398 g/mol. The van der Waals surface area contributed by atoms with Crippen molar-refractivity contribution in [3.8, 4) is 0 Å². The minimum absolute atomic E-state index is 0.000852. The molecule has 0 aliphatic heterocycles. The summed E-state index contributed by atoms with van der Waals surface area (Å²) in [6.07, 6.45) is 0.247. The molecule has 0 saturated heterocycles. The number of nitrogens with zero attached hydrogens (tertiary/aromatic N) is 5. The molecule has 1 N–H and O–H groups in total. The van der Waals surface area contributed by atoms with Gasteiger partial charge in [-0.15, -0.1) is 0 Å². The lowest BCUT2D eigenvalue weighted by molar-refractivity contribution is 0.204. The number of aromatic nitrogens is 4. The minimum atomic E-state index is -1.31. The maximum absolute atomic E-state index is 13.3. The first kappa shape index (κ1) is 17.9. The Hall–Kier alpha value is -3.52. The van der Waals surface area contributed by atoms with Gasteiger partial charge in [0.2, 0.25) is 5.28 Å². The van der Waals surface area contributed by atoms with Crippen LogP contribution in [-0.4, -0.2) is 30.7 Å². The first-order chi connectivity index (χ1) is 13.5. The van der Waals surface area contributed by atoms with Gasteiger partial charge in [-0.3, -0.25) is 0 Å². The Bertz CT molecular complexity index is 1150. The molecule has 0 aliphatic rings. The molecular weight excluding hydrogens is 385 g/mol. The lowest BCUT2D eigenvalue weighted by Crippen LogP contribution is -2.25. The van der Waals surface area contributed by atoms with Crippen LogP contribution >= 0.6 is 11.6 Å². The van der Waals surface area contributed by atoms with Crippen LogP contribution in [0.25, 0.3) is 11.2 Å². The van der Waals surface area contributed by atoms with Crippen LogP contribution in [0.1, 0.15) is 5.56 Å². The van der Waals surface area contributed by atoms with Crippen LogP contribution in [0.15, 0.2) is 60.9 Å². The monoisotopic (exact) mass is 397 g/mol. The molecular formula is C19H13ClFN5O2. The third-order valence-corrected chi connectivity index (χ3v) is 4.27. The van der Waals surface area contributed by atoms with Crippen molar-refractivity contribution in [3.05, 3.63) is 77.6 Å². The summed E-state index contributed by atoms with van der Waals surface area (Å²) in [5.41, 5.74) is 1.90. The van der Waals surface area contributed by atoms with Crippen LogP contribution in [0, 0.1) is 5.82 Å². The topological polar surface area (TPSA) is 84.1 Å². The third kappa shape index (κ3) is 3.37. The van der Waals surface area contributed by atoms with Crippen LogP contribution in [0.3, 0.4) is 0 Å². The Kier molecular flexibility index (Phi) is 4.62. The van der Waals surface area contributed by atoms with Crippen molar-refractivity contribution in [1.29, 1.82) is 0 Å². The first-order valence-corrected chi connectivity index (χ1v) is 8.61. The van der Waals surface area contributed by atoms with Crippen LogP contribution in [0.2, 0.25) is 5.28 Å². The number of hydrogen-bond acceptors (Lipinski definition) is 4. The largest absolute Gasteiger partial charge is 0.464 e. The van der Waals surface area contributed by atoms with Crippen LogP contribution in [-0.2, 0) is 6.54 Å². The highest BCUT2D eigenvalue weighted by Crippen LogP contribution is 2.31. The van der Waals surface area contributed by atoms with E-state index in [2.05, 4.69) is 15.0 Å². The SMILES string of the molecule is O=C(O)N(c1ccc(F)cc1)c1nc(Cl)nc2c1ncn2Cc1ccccc1. The van der Waals surface area contributed by atoms with Crippen molar-refractivity contribution < 1.29 is 14.3 Å². The smallest absolute Gasteiger partial charge is 0.417 e. The second-order valence-corrected chi connectivity index (χ2v) is 6.28. The van der Waals surface area contributed by atoms with Gasteiger partial charge >= 0.3 is 6.09 Å². The van der Waals surface area contributed by atoms with E-state index in [1.807, 2.05) is 30.3 Å². The van der Waals surface area contributed by atoms with Gasteiger partial charge < -0.3 is 9.67 Å². The van der Waals surface area contributed by atoms with E-state index in [0.29, 0.717) is 12.2 Å². The Morgan fingerprint density at radius 2 is 1.82 bits per heavy atom. The maximum Gasteiger partial charge on any atom is 0.417 e. The summed E-state index contributed by atoms with van der Waals surface area (Å²) in [6, 6.07) is 14.7. The molecule has 0 atom stereocenters. The third-order valence-electron chi connectivity index (χ3n) is 4.10. The van der Waals surface area contributed by atoms with E-state index >= 15 is 0 Å². The fourth-order valence-electron chi connectivity index (χ4n) is 2.87. The first-order valence-electron chi connectivity index (χ1n) is 8.24. The van der Waals surface area contributed by atoms with Crippen molar-refractivity contribution in [1.82, 2.24) is 19.5 Å². The molecule has 4 rings (SSSR count). The van der Waals surface area contributed by atoms with Gasteiger partial charge in [0, 0.05) is 0 Å². The van der Waals surface area contributed by atoms with Gasteiger partial charge in [-0.05, 0) is 41.4 Å². The highest BCUT2D eigenvalue weighted by molar-refractivity contribution is 6.29. The molecule has 2 aromatic carbocycles. The molecule has 2 aromatic heterocycles. The zero-order chi connectivity index (χ0) is 19.7. The van der Waals surface area contributed by atoms with Gasteiger partial charge in [-0.2, -0.15) is 9.97 Å². The molecule has 0 radical (unpaired) electrons. The zero-order valence-electron chi connectivity index (χ0n) is 14.3. The fraction of sp³-hybridized carbons (Fsp3) is 0.0526. The minimum Gasteiger partial charge on any atom is -0.464 e. The van der Waals surface area contributed by atoms with Gasteiger partial charge in [0.15, 0.2) is 17.0 Å². The molecule has 28 heavy (non-hydrogen) atoms. The van der Waals surface area contributed by atoms with Gasteiger partial charge in [-0.25, -0.2) is 19.1 Å². The molecule has 1 amide bonds. The molecule has 0 aliphatic carbocycles. The number of anilines is 2. The average Bonchev–Trinajstić information content (AvgIpc) is 3.07. The van der Waals surface area contributed by atoms with E-state index in [9.17, 15) is 14.3 Å². The van der Waals surface area contributed by atoms with Crippen molar-refractivity contribution >= 4 is 40.4 Å². The fourth-order valence-corrected chi connectivity index (χ4v) is 3.03. The summed E-state index contributed by atoms with van der Waals surface area (Å²) in [4.78, 5) is 25.4. The number of benzene rings is 2. The van der Waals surface area contributed by atoms with E-state index in [1.165, 1.54) is 24.3 Å². The van der Waals surface area contributed by atoms with E-state index in [0.717, 1.165) is 10.5 Å². The number of hydrogen-bond donors (Lipinski definition) is 1. The molecule has 2 heterocycles. The molecule has 4 aromatic rings. The standard InChI is InChI=1S/C19H13ClFN5O2/c20-18-23-16-15(22-11-25(16)10-12-4-2-1-3-5-12)17(24-18)26(19(27)28)14-8-6-13(21)7-9-14/h1-9,11H,10H2,(H,27,28). The maximum atomic E-state index is 13.3. The number of rotatable bonds is 4. The van der Waals surface area contributed by atoms with Gasteiger partial charge in [0.1, 0.15) is 5.82 Å². The van der Waals surface area contributed by atoms with Crippen molar-refractivity contribution in [3.63, 3.8) is 0 Å². The summed E-state index contributed by atoms with van der Waals surface area (Å²) in [6.45, 7) is 0.480.